The van der Waals surface area contributed by atoms with E-state index in [0.717, 1.165) is 5.56 Å². The van der Waals surface area contributed by atoms with Crippen LogP contribution in [0, 0.1) is 11.3 Å². The van der Waals surface area contributed by atoms with Gasteiger partial charge in [-0.3, -0.25) is 4.79 Å². The van der Waals surface area contributed by atoms with Gasteiger partial charge in [0, 0.05) is 16.3 Å². The monoisotopic (exact) mass is 432 g/mol. The van der Waals surface area contributed by atoms with E-state index < -0.39 is 5.91 Å². The van der Waals surface area contributed by atoms with E-state index in [1.165, 1.54) is 6.08 Å². The second kappa shape index (κ2) is 10.9. The third-order valence-corrected chi connectivity index (χ3v) is 4.53. The predicted molar refractivity (Wildman–Crippen MR) is 122 cm³/mol. The molecule has 0 radical (unpaired) electrons. The third-order valence-electron chi connectivity index (χ3n) is 4.29. The first-order chi connectivity index (χ1) is 15.1. The van der Waals surface area contributed by atoms with Gasteiger partial charge in [-0.15, -0.1) is 0 Å². The Kier molecular flexibility index (Phi) is 7.69. The van der Waals surface area contributed by atoms with Gasteiger partial charge in [-0.05, 0) is 61.0 Å². The first-order valence-corrected chi connectivity index (χ1v) is 10.1. The van der Waals surface area contributed by atoms with Crippen LogP contribution in [-0.2, 0) is 11.4 Å². The van der Waals surface area contributed by atoms with Crippen LogP contribution in [0.1, 0.15) is 18.1 Å². The average Bonchev–Trinajstić information content (AvgIpc) is 2.78. The largest absolute Gasteiger partial charge is 0.494 e. The molecule has 3 rings (SSSR count). The summed E-state index contributed by atoms with van der Waals surface area (Å²) >= 11 is 6.02. The van der Waals surface area contributed by atoms with Crippen molar-refractivity contribution < 1.29 is 14.3 Å². The van der Waals surface area contributed by atoms with Gasteiger partial charge in [-0.1, -0.05) is 41.9 Å². The molecule has 31 heavy (non-hydrogen) atoms. The number of hydrogen-bond acceptors (Lipinski definition) is 4. The number of carbonyl (C=O) groups is 1. The summed E-state index contributed by atoms with van der Waals surface area (Å²) in [7, 11) is 0. The van der Waals surface area contributed by atoms with Gasteiger partial charge in [-0.2, -0.15) is 5.26 Å². The van der Waals surface area contributed by atoms with Crippen molar-refractivity contribution in [2.45, 2.75) is 13.5 Å². The minimum absolute atomic E-state index is 0.0345. The quantitative estimate of drug-likeness (QED) is 0.357. The molecule has 0 spiro atoms. The normalized spacial score (nSPS) is 10.8. The van der Waals surface area contributed by atoms with Gasteiger partial charge in [0.25, 0.3) is 5.91 Å². The number of hydrogen-bond donors (Lipinski definition) is 1. The molecule has 0 aromatic heterocycles. The molecule has 0 aliphatic carbocycles. The fourth-order valence-corrected chi connectivity index (χ4v) is 3.04. The van der Waals surface area contributed by atoms with Crippen molar-refractivity contribution in [3.63, 3.8) is 0 Å². The van der Waals surface area contributed by atoms with Crippen LogP contribution in [0.4, 0.5) is 5.69 Å². The molecular weight excluding hydrogens is 412 g/mol. The highest BCUT2D eigenvalue weighted by Crippen LogP contribution is 2.23. The molecule has 0 saturated carbocycles. The highest BCUT2D eigenvalue weighted by atomic mass is 35.5. The molecule has 0 fully saturated rings. The van der Waals surface area contributed by atoms with E-state index in [0.29, 0.717) is 41.0 Å². The van der Waals surface area contributed by atoms with Gasteiger partial charge in [0.1, 0.15) is 29.7 Å². The Morgan fingerprint density at radius 1 is 1.06 bits per heavy atom. The maximum atomic E-state index is 12.6. The van der Waals surface area contributed by atoms with Crippen LogP contribution in [0.5, 0.6) is 11.5 Å². The number of para-hydroxylation sites is 1. The lowest BCUT2D eigenvalue weighted by atomic mass is 10.1. The second-order valence-corrected chi connectivity index (χ2v) is 6.97. The number of nitrogens with zero attached hydrogens (tertiary/aromatic N) is 1. The van der Waals surface area contributed by atoms with E-state index in [1.54, 1.807) is 42.5 Å². The summed E-state index contributed by atoms with van der Waals surface area (Å²) < 4.78 is 11.3. The lowest BCUT2D eigenvalue weighted by molar-refractivity contribution is -0.112. The van der Waals surface area contributed by atoms with Crippen molar-refractivity contribution in [1.29, 1.82) is 5.26 Å². The zero-order chi connectivity index (χ0) is 22.1. The molecule has 5 nitrogen and oxygen atoms in total. The Morgan fingerprint density at radius 2 is 1.84 bits per heavy atom. The molecule has 0 unspecified atom stereocenters. The molecule has 3 aromatic carbocycles. The van der Waals surface area contributed by atoms with Gasteiger partial charge in [0.15, 0.2) is 0 Å². The number of nitriles is 1. The Labute approximate surface area is 186 Å². The summed E-state index contributed by atoms with van der Waals surface area (Å²) in [6.07, 6.45) is 1.51. The minimum atomic E-state index is -0.503. The van der Waals surface area contributed by atoms with E-state index in [2.05, 4.69) is 5.32 Å². The Bertz CT molecular complexity index is 1120. The molecule has 156 valence electrons. The number of nitrogens with one attached hydrogen (secondary N) is 1. The van der Waals surface area contributed by atoms with Gasteiger partial charge in [0.05, 0.1) is 6.61 Å². The average molecular weight is 433 g/mol. The molecule has 0 heterocycles. The number of anilines is 1. The second-order valence-electron chi connectivity index (χ2n) is 6.54. The van der Waals surface area contributed by atoms with E-state index in [-0.39, 0.29) is 5.57 Å². The van der Waals surface area contributed by atoms with Crippen LogP contribution >= 0.6 is 11.6 Å². The summed E-state index contributed by atoms with van der Waals surface area (Å²) in [6, 6.07) is 23.5. The van der Waals surface area contributed by atoms with Crippen molar-refractivity contribution in [1.82, 2.24) is 0 Å². The summed E-state index contributed by atoms with van der Waals surface area (Å²) in [5, 5.41) is 12.9. The maximum Gasteiger partial charge on any atom is 0.266 e. The van der Waals surface area contributed by atoms with Crippen molar-refractivity contribution in [3.05, 3.63) is 94.5 Å². The summed E-state index contributed by atoms with van der Waals surface area (Å²) in [5.74, 6) is 0.766. The number of carbonyl (C=O) groups excluding carboxylic acids is 1. The van der Waals surface area contributed by atoms with Crippen LogP contribution in [0.15, 0.2) is 78.4 Å². The molecule has 0 saturated heterocycles. The molecule has 6 heteroatoms. The van der Waals surface area contributed by atoms with Gasteiger partial charge >= 0.3 is 0 Å². The Balaban J connectivity index is 1.74. The van der Waals surface area contributed by atoms with Crippen LogP contribution < -0.4 is 14.8 Å². The summed E-state index contributed by atoms with van der Waals surface area (Å²) in [5.41, 5.74) is 2.08. The van der Waals surface area contributed by atoms with E-state index in [4.69, 9.17) is 21.1 Å². The fourth-order valence-electron chi connectivity index (χ4n) is 2.82. The van der Waals surface area contributed by atoms with Crippen molar-refractivity contribution in [3.8, 4) is 17.6 Å². The van der Waals surface area contributed by atoms with Crippen LogP contribution in [-0.4, -0.2) is 12.5 Å². The number of rotatable bonds is 8. The molecule has 0 aliphatic rings. The molecule has 1 N–H and O–H groups in total. The summed E-state index contributed by atoms with van der Waals surface area (Å²) in [6.45, 7) is 2.77. The molecule has 0 aliphatic heterocycles. The van der Waals surface area contributed by atoms with E-state index in [9.17, 15) is 10.1 Å². The highest BCUT2D eigenvalue weighted by molar-refractivity contribution is 6.30. The lowest BCUT2D eigenvalue weighted by Gasteiger charge is -2.10. The number of ether oxygens (including phenoxy) is 2. The van der Waals surface area contributed by atoms with Gasteiger partial charge in [-0.25, -0.2) is 0 Å². The number of benzene rings is 3. The van der Waals surface area contributed by atoms with Crippen molar-refractivity contribution in [2.24, 2.45) is 0 Å². The fraction of sp³-hybridized carbons (Fsp3) is 0.120. The van der Waals surface area contributed by atoms with E-state index >= 15 is 0 Å². The first-order valence-electron chi connectivity index (χ1n) is 9.71. The Morgan fingerprint density at radius 3 is 2.55 bits per heavy atom. The van der Waals surface area contributed by atoms with Gasteiger partial charge < -0.3 is 14.8 Å². The summed E-state index contributed by atoms with van der Waals surface area (Å²) in [4.78, 5) is 12.6. The topological polar surface area (TPSA) is 71.3 Å². The van der Waals surface area contributed by atoms with E-state index in [1.807, 2.05) is 43.3 Å². The Hall–Kier alpha value is -3.75. The molecule has 1 amide bonds. The first kappa shape index (κ1) is 21.9. The smallest absolute Gasteiger partial charge is 0.266 e. The van der Waals surface area contributed by atoms with Crippen molar-refractivity contribution >= 4 is 29.3 Å². The third kappa shape index (κ3) is 6.36. The SMILES string of the molecule is CCOc1ccc(NC(=O)/C(C#N)=C/c2ccccc2OCc2cccc(Cl)c2)cc1. The molecule has 3 aromatic rings. The number of halogens is 1. The highest BCUT2D eigenvalue weighted by Gasteiger charge is 2.12. The van der Waals surface area contributed by atoms with Crippen LogP contribution in [0.25, 0.3) is 6.08 Å². The standard InChI is InChI=1S/C25H21ClN2O3/c1-2-30-23-12-10-22(11-13-23)28-25(29)20(16-27)15-19-7-3-4-9-24(19)31-17-18-6-5-8-21(26)14-18/h3-15H,2,17H2,1H3,(H,28,29)/b20-15+. The lowest BCUT2D eigenvalue weighted by Crippen LogP contribution is -2.13. The molecule has 0 bridgehead atoms. The predicted octanol–water partition coefficient (Wildman–Crippen LogP) is 5.86. The number of amides is 1. The minimum Gasteiger partial charge on any atom is -0.494 e. The molecule has 0 atom stereocenters. The van der Waals surface area contributed by atoms with Crippen LogP contribution in [0.3, 0.4) is 0 Å². The zero-order valence-corrected chi connectivity index (χ0v) is 17.7. The van der Waals surface area contributed by atoms with Crippen molar-refractivity contribution in [2.75, 3.05) is 11.9 Å². The molecular formula is C25H21ClN2O3. The maximum absolute atomic E-state index is 12.6. The zero-order valence-electron chi connectivity index (χ0n) is 17.0. The van der Waals surface area contributed by atoms with Crippen LogP contribution in [0.2, 0.25) is 5.02 Å². The van der Waals surface area contributed by atoms with Gasteiger partial charge in [0.2, 0.25) is 0 Å².